The maximum atomic E-state index is 6.27. The smallest absolute Gasteiger partial charge is 0.180 e. The fraction of sp³-hybridized carbons (Fsp3) is 0.176. The van der Waals surface area contributed by atoms with Crippen molar-refractivity contribution in [1.29, 1.82) is 0 Å². The van der Waals surface area contributed by atoms with E-state index in [1.165, 1.54) is 0 Å². The third-order valence-electron chi connectivity index (χ3n) is 3.05. The van der Waals surface area contributed by atoms with Crippen molar-refractivity contribution in [3.8, 4) is 11.5 Å². The van der Waals surface area contributed by atoms with E-state index in [2.05, 4.69) is 11.9 Å². The molecule has 0 heterocycles. The summed E-state index contributed by atoms with van der Waals surface area (Å²) in [6, 6.07) is 9.06. The van der Waals surface area contributed by atoms with Gasteiger partial charge in [-0.1, -0.05) is 47.5 Å². The average molecular weight is 373 g/mol. The van der Waals surface area contributed by atoms with Crippen molar-refractivity contribution in [3.63, 3.8) is 0 Å². The highest BCUT2D eigenvalue weighted by Crippen LogP contribution is 2.36. The second-order valence-corrected chi connectivity index (χ2v) is 5.91. The number of rotatable bonds is 7. The van der Waals surface area contributed by atoms with Gasteiger partial charge in [0.1, 0.15) is 6.61 Å². The summed E-state index contributed by atoms with van der Waals surface area (Å²) in [6.07, 6.45) is 1.65. The predicted molar refractivity (Wildman–Crippen MR) is 97.5 cm³/mol. The van der Waals surface area contributed by atoms with Crippen molar-refractivity contribution in [1.82, 2.24) is 0 Å². The van der Waals surface area contributed by atoms with Crippen molar-refractivity contribution in [2.45, 2.75) is 6.54 Å². The second-order valence-electron chi connectivity index (χ2n) is 4.69. The van der Waals surface area contributed by atoms with Crippen LogP contribution in [0.25, 0.3) is 0 Å². The predicted octanol–water partition coefficient (Wildman–Crippen LogP) is 5.83. The molecule has 0 aromatic heterocycles. The number of nitrogens with one attached hydrogen (secondary N) is 1. The van der Waals surface area contributed by atoms with Gasteiger partial charge in [-0.05, 0) is 35.9 Å². The fourth-order valence-electron chi connectivity index (χ4n) is 1.97. The molecule has 2 aromatic rings. The first kappa shape index (κ1) is 17.8. The summed E-state index contributed by atoms with van der Waals surface area (Å²) in [6.45, 7) is 4.53. The van der Waals surface area contributed by atoms with Crippen LogP contribution in [0.4, 0.5) is 5.69 Å². The zero-order valence-corrected chi connectivity index (χ0v) is 14.8. The highest BCUT2D eigenvalue weighted by molar-refractivity contribution is 6.42. The number of benzene rings is 2. The van der Waals surface area contributed by atoms with Crippen molar-refractivity contribution >= 4 is 40.5 Å². The summed E-state index contributed by atoms with van der Waals surface area (Å²) in [5, 5.41) is 4.76. The van der Waals surface area contributed by atoms with Crippen LogP contribution in [0.1, 0.15) is 5.56 Å². The van der Waals surface area contributed by atoms with Gasteiger partial charge < -0.3 is 14.8 Å². The summed E-state index contributed by atoms with van der Waals surface area (Å²) in [4.78, 5) is 0. The molecular weight excluding hydrogens is 357 g/mol. The molecule has 0 fully saturated rings. The van der Waals surface area contributed by atoms with Gasteiger partial charge in [0.25, 0.3) is 0 Å². The normalized spacial score (nSPS) is 10.3. The number of halogens is 3. The molecule has 0 spiro atoms. The minimum atomic E-state index is 0.358. The van der Waals surface area contributed by atoms with Crippen LogP contribution in [0.5, 0.6) is 11.5 Å². The Morgan fingerprint density at radius 2 is 1.87 bits per heavy atom. The molecule has 0 saturated heterocycles. The van der Waals surface area contributed by atoms with E-state index in [1.807, 2.05) is 18.2 Å². The van der Waals surface area contributed by atoms with Gasteiger partial charge in [0, 0.05) is 12.2 Å². The Balaban J connectivity index is 2.15. The molecule has 0 amide bonds. The average Bonchev–Trinajstić information content (AvgIpc) is 2.54. The molecule has 0 atom stereocenters. The summed E-state index contributed by atoms with van der Waals surface area (Å²) >= 11 is 18.2. The van der Waals surface area contributed by atoms with Crippen molar-refractivity contribution in [2.24, 2.45) is 0 Å². The molecule has 0 saturated carbocycles. The van der Waals surface area contributed by atoms with Gasteiger partial charge in [0.05, 0.1) is 22.2 Å². The van der Waals surface area contributed by atoms with E-state index in [1.54, 1.807) is 25.3 Å². The van der Waals surface area contributed by atoms with Crippen LogP contribution in [0.2, 0.25) is 15.1 Å². The van der Waals surface area contributed by atoms with Crippen molar-refractivity contribution < 1.29 is 9.47 Å². The third kappa shape index (κ3) is 4.71. The largest absolute Gasteiger partial charge is 0.493 e. The van der Waals surface area contributed by atoms with Gasteiger partial charge in [-0.15, -0.1) is 0 Å². The van der Waals surface area contributed by atoms with Crippen LogP contribution in [0, 0.1) is 0 Å². The Bertz CT molecular complexity index is 704. The maximum absolute atomic E-state index is 6.27. The van der Waals surface area contributed by atoms with E-state index in [-0.39, 0.29) is 0 Å². The second kappa shape index (κ2) is 8.34. The van der Waals surface area contributed by atoms with Crippen LogP contribution in [-0.4, -0.2) is 13.7 Å². The number of ether oxygens (including phenoxy) is 2. The Morgan fingerprint density at radius 1 is 1.09 bits per heavy atom. The Labute approximate surface area is 150 Å². The highest BCUT2D eigenvalue weighted by Gasteiger charge is 2.12. The van der Waals surface area contributed by atoms with E-state index < -0.39 is 0 Å². The number of hydrogen-bond donors (Lipinski definition) is 1. The molecule has 0 aliphatic carbocycles. The zero-order valence-electron chi connectivity index (χ0n) is 12.5. The Morgan fingerprint density at radius 3 is 2.52 bits per heavy atom. The zero-order chi connectivity index (χ0) is 16.8. The first-order valence-electron chi connectivity index (χ1n) is 6.84. The minimum Gasteiger partial charge on any atom is -0.493 e. The molecule has 0 bridgehead atoms. The summed E-state index contributed by atoms with van der Waals surface area (Å²) in [5.74, 6) is 1.08. The van der Waals surface area contributed by atoms with Crippen LogP contribution in [-0.2, 0) is 6.54 Å². The third-order valence-corrected chi connectivity index (χ3v) is 4.07. The van der Waals surface area contributed by atoms with E-state index in [4.69, 9.17) is 44.3 Å². The fourth-order valence-corrected chi connectivity index (χ4v) is 2.55. The van der Waals surface area contributed by atoms with Gasteiger partial charge in [-0.3, -0.25) is 0 Å². The highest BCUT2D eigenvalue weighted by atomic mass is 35.5. The first-order chi connectivity index (χ1) is 11.0. The lowest BCUT2D eigenvalue weighted by Gasteiger charge is -2.14. The van der Waals surface area contributed by atoms with Crippen LogP contribution in [0.15, 0.2) is 43.0 Å². The maximum Gasteiger partial charge on any atom is 0.180 e. The Kier molecular flexibility index (Phi) is 6.46. The van der Waals surface area contributed by atoms with Crippen LogP contribution >= 0.6 is 34.8 Å². The number of anilines is 1. The van der Waals surface area contributed by atoms with Gasteiger partial charge in [0.15, 0.2) is 11.5 Å². The topological polar surface area (TPSA) is 30.5 Å². The lowest BCUT2D eigenvalue weighted by atomic mass is 10.2. The van der Waals surface area contributed by atoms with Crippen LogP contribution < -0.4 is 14.8 Å². The molecular formula is C17H16Cl3NO2. The standard InChI is InChI=1S/C17H16Cl3NO2/c1-3-6-23-17-15(20)7-11(8-16(17)22-2)10-21-12-4-5-13(18)14(19)9-12/h3-5,7-9,21H,1,6,10H2,2H3. The van der Waals surface area contributed by atoms with Gasteiger partial charge in [0.2, 0.25) is 0 Å². The molecule has 0 unspecified atom stereocenters. The lowest BCUT2D eigenvalue weighted by Crippen LogP contribution is -2.02. The SMILES string of the molecule is C=CCOc1c(Cl)cc(CNc2ccc(Cl)c(Cl)c2)cc1OC. The molecule has 0 radical (unpaired) electrons. The van der Waals surface area contributed by atoms with Gasteiger partial charge in [-0.2, -0.15) is 0 Å². The number of methoxy groups -OCH3 is 1. The monoisotopic (exact) mass is 371 g/mol. The van der Waals surface area contributed by atoms with Crippen molar-refractivity contribution in [2.75, 3.05) is 19.0 Å². The molecule has 0 aliphatic rings. The van der Waals surface area contributed by atoms with E-state index in [9.17, 15) is 0 Å². The molecule has 2 aromatic carbocycles. The van der Waals surface area contributed by atoms with Gasteiger partial charge in [-0.25, -0.2) is 0 Å². The summed E-state index contributed by atoms with van der Waals surface area (Å²) in [5.41, 5.74) is 1.81. The molecule has 6 heteroatoms. The molecule has 122 valence electrons. The summed E-state index contributed by atoms with van der Waals surface area (Å²) in [7, 11) is 1.57. The quantitative estimate of drug-likeness (QED) is 0.620. The minimum absolute atomic E-state index is 0.358. The molecule has 2 rings (SSSR count). The molecule has 23 heavy (non-hydrogen) atoms. The summed E-state index contributed by atoms with van der Waals surface area (Å²) < 4.78 is 10.9. The molecule has 3 nitrogen and oxygen atoms in total. The van der Waals surface area contributed by atoms with E-state index in [0.717, 1.165) is 11.3 Å². The number of hydrogen-bond acceptors (Lipinski definition) is 3. The van der Waals surface area contributed by atoms with E-state index in [0.29, 0.717) is 39.7 Å². The molecule has 0 aliphatic heterocycles. The van der Waals surface area contributed by atoms with Crippen LogP contribution in [0.3, 0.4) is 0 Å². The Hall–Kier alpha value is -1.55. The van der Waals surface area contributed by atoms with Gasteiger partial charge >= 0.3 is 0 Å². The molecule has 1 N–H and O–H groups in total. The van der Waals surface area contributed by atoms with E-state index >= 15 is 0 Å². The lowest BCUT2D eigenvalue weighted by molar-refractivity contribution is 0.326. The first-order valence-corrected chi connectivity index (χ1v) is 7.97. The van der Waals surface area contributed by atoms with Crippen molar-refractivity contribution in [3.05, 3.63) is 63.6 Å².